The van der Waals surface area contributed by atoms with Gasteiger partial charge in [-0.2, -0.15) is 0 Å². The van der Waals surface area contributed by atoms with Gasteiger partial charge in [-0.1, -0.05) is 18.2 Å². The third kappa shape index (κ3) is 2.24. The predicted molar refractivity (Wildman–Crippen MR) is 75.6 cm³/mol. The molecule has 3 nitrogen and oxygen atoms in total. The van der Waals surface area contributed by atoms with Crippen molar-refractivity contribution >= 4 is 33.6 Å². The number of aromatic nitrogens is 2. The molecule has 0 saturated heterocycles. The molecule has 1 aromatic carbocycles. The van der Waals surface area contributed by atoms with Crippen LogP contribution in [-0.2, 0) is 0 Å². The number of benzene rings is 1. The van der Waals surface area contributed by atoms with Crippen LogP contribution in [-0.4, -0.2) is 9.97 Å². The van der Waals surface area contributed by atoms with E-state index < -0.39 is 0 Å². The summed E-state index contributed by atoms with van der Waals surface area (Å²) in [5.41, 5.74) is -0.138. The summed E-state index contributed by atoms with van der Waals surface area (Å²) in [6.07, 6.45) is 5.28. The number of H-pyrrole nitrogens is 1. The summed E-state index contributed by atoms with van der Waals surface area (Å²) in [6, 6.07) is 11.8. The first kappa shape index (κ1) is 10.9. The maximum atomic E-state index is 11.1. The quantitative estimate of drug-likeness (QED) is 0.763. The number of thiophene rings is 1. The Bertz CT molecular complexity index is 737. The normalized spacial score (nSPS) is 11.3. The zero-order valence-electron chi connectivity index (χ0n) is 9.46. The number of hydrogen-bond donors (Lipinski definition) is 1. The van der Waals surface area contributed by atoms with E-state index in [4.69, 9.17) is 0 Å². The van der Waals surface area contributed by atoms with Crippen molar-refractivity contribution in [3.8, 4) is 0 Å². The van der Waals surface area contributed by atoms with E-state index in [0.717, 1.165) is 4.88 Å². The third-order valence-electron chi connectivity index (χ3n) is 2.54. The van der Waals surface area contributed by atoms with Crippen LogP contribution in [0.4, 0.5) is 0 Å². The molecule has 0 saturated carbocycles. The zero-order valence-corrected chi connectivity index (χ0v) is 10.3. The summed E-state index contributed by atoms with van der Waals surface area (Å²) in [7, 11) is 0. The van der Waals surface area contributed by atoms with Crippen LogP contribution >= 0.6 is 11.3 Å². The highest BCUT2D eigenvalue weighted by Crippen LogP contribution is 2.26. The first-order valence-corrected chi connectivity index (χ1v) is 6.35. The summed E-state index contributed by atoms with van der Waals surface area (Å²) < 4.78 is 1.26. The van der Waals surface area contributed by atoms with Gasteiger partial charge in [-0.15, -0.1) is 11.3 Å². The second-order valence-corrected chi connectivity index (χ2v) is 4.95. The molecule has 3 rings (SSSR count). The maximum Gasteiger partial charge on any atom is 0.251 e. The molecule has 0 aliphatic carbocycles. The molecule has 0 fully saturated rings. The lowest BCUT2D eigenvalue weighted by Gasteiger charge is -1.89. The average molecular weight is 254 g/mol. The lowest BCUT2D eigenvalue weighted by Crippen LogP contribution is -2.05. The smallest absolute Gasteiger partial charge is 0.251 e. The molecule has 0 spiro atoms. The van der Waals surface area contributed by atoms with Crippen LogP contribution in [0, 0.1) is 0 Å². The summed E-state index contributed by atoms with van der Waals surface area (Å²) in [5, 5.41) is 1.23. The topological polar surface area (TPSA) is 45.8 Å². The van der Waals surface area contributed by atoms with Crippen LogP contribution in [0.15, 0.2) is 47.4 Å². The molecule has 0 aliphatic rings. The molecule has 88 valence electrons. The van der Waals surface area contributed by atoms with Gasteiger partial charge in [0.1, 0.15) is 5.82 Å². The minimum atomic E-state index is -0.138. The monoisotopic (exact) mass is 254 g/mol. The van der Waals surface area contributed by atoms with Crippen LogP contribution in [0.5, 0.6) is 0 Å². The molecule has 0 unspecified atom stereocenters. The van der Waals surface area contributed by atoms with E-state index in [-0.39, 0.29) is 5.56 Å². The summed E-state index contributed by atoms with van der Waals surface area (Å²) in [6.45, 7) is 0. The van der Waals surface area contributed by atoms with Crippen molar-refractivity contribution in [1.82, 2.24) is 9.97 Å². The zero-order chi connectivity index (χ0) is 12.4. The number of aromatic amines is 1. The SMILES string of the molecule is O=c1ccnc(/C=C/c2cc3ccccc3s2)[nH]1. The number of fused-ring (bicyclic) bond motifs is 1. The first-order chi connectivity index (χ1) is 8.81. The van der Waals surface area contributed by atoms with E-state index in [2.05, 4.69) is 28.2 Å². The molecule has 0 bridgehead atoms. The van der Waals surface area contributed by atoms with Crippen molar-refractivity contribution in [2.75, 3.05) is 0 Å². The van der Waals surface area contributed by atoms with Crippen molar-refractivity contribution in [3.63, 3.8) is 0 Å². The van der Waals surface area contributed by atoms with Crippen LogP contribution in [0.2, 0.25) is 0 Å². The van der Waals surface area contributed by atoms with Gasteiger partial charge in [-0.25, -0.2) is 4.98 Å². The van der Waals surface area contributed by atoms with Crippen LogP contribution in [0.1, 0.15) is 10.7 Å². The summed E-state index contributed by atoms with van der Waals surface area (Å²) in [4.78, 5) is 19.0. The van der Waals surface area contributed by atoms with Crippen molar-refractivity contribution in [3.05, 3.63) is 63.7 Å². The first-order valence-electron chi connectivity index (χ1n) is 5.53. The number of nitrogens with zero attached hydrogens (tertiary/aromatic N) is 1. The van der Waals surface area contributed by atoms with E-state index in [0.29, 0.717) is 5.82 Å². The van der Waals surface area contributed by atoms with E-state index >= 15 is 0 Å². The molecule has 0 radical (unpaired) electrons. The molecule has 0 atom stereocenters. The Hall–Kier alpha value is -2.20. The van der Waals surface area contributed by atoms with Gasteiger partial charge in [-0.05, 0) is 29.7 Å². The summed E-state index contributed by atoms with van der Waals surface area (Å²) >= 11 is 1.71. The third-order valence-corrected chi connectivity index (χ3v) is 3.62. The lowest BCUT2D eigenvalue weighted by atomic mass is 10.2. The van der Waals surface area contributed by atoms with Crippen molar-refractivity contribution in [1.29, 1.82) is 0 Å². The molecule has 4 heteroatoms. The van der Waals surface area contributed by atoms with Gasteiger partial charge in [-0.3, -0.25) is 4.79 Å². The number of hydrogen-bond acceptors (Lipinski definition) is 3. The van der Waals surface area contributed by atoms with Gasteiger partial charge in [0.25, 0.3) is 5.56 Å². The lowest BCUT2D eigenvalue weighted by molar-refractivity contribution is 1.09. The largest absolute Gasteiger partial charge is 0.307 e. The highest BCUT2D eigenvalue weighted by Gasteiger charge is 1.97. The van der Waals surface area contributed by atoms with Crippen molar-refractivity contribution in [2.24, 2.45) is 0 Å². The standard InChI is InChI=1S/C14H10N2OS/c17-14-7-8-15-13(16-14)6-5-11-9-10-3-1-2-4-12(10)18-11/h1-9H,(H,15,16,17)/b6-5+. The molecular formula is C14H10N2OS. The number of nitrogens with one attached hydrogen (secondary N) is 1. The average Bonchev–Trinajstić information content (AvgIpc) is 2.79. The van der Waals surface area contributed by atoms with Gasteiger partial charge >= 0.3 is 0 Å². The molecule has 1 N–H and O–H groups in total. The highest BCUT2D eigenvalue weighted by molar-refractivity contribution is 7.19. The minimum absolute atomic E-state index is 0.138. The molecule has 2 heterocycles. The Morgan fingerprint density at radius 2 is 2.06 bits per heavy atom. The van der Waals surface area contributed by atoms with E-state index in [9.17, 15) is 4.79 Å². The fourth-order valence-electron chi connectivity index (χ4n) is 1.72. The van der Waals surface area contributed by atoms with Crippen LogP contribution in [0.3, 0.4) is 0 Å². The molecular weight excluding hydrogens is 244 g/mol. The van der Waals surface area contributed by atoms with Crippen molar-refractivity contribution < 1.29 is 0 Å². The molecule has 18 heavy (non-hydrogen) atoms. The van der Waals surface area contributed by atoms with E-state index in [1.54, 1.807) is 11.3 Å². The Labute approximate surface area is 107 Å². The highest BCUT2D eigenvalue weighted by atomic mass is 32.1. The second-order valence-electron chi connectivity index (χ2n) is 3.84. The molecule has 3 aromatic rings. The van der Waals surface area contributed by atoms with Gasteiger partial charge in [0, 0.05) is 21.8 Å². The Balaban J connectivity index is 1.94. The van der Waals surface area contributed by atoms with Gasteiger partial charge in [0.2, 0.25) is 0 Å². The maximum absolute atomic E-state index is 11.1. The fourth-order valence-corrected chi connectivity index (χ4v) is 2.68. The minimum Gasteiger partial charge on any atom is -0.307 e. The van der Waals surface area contributed by atoms with Gasteiger partial charge in [0.15, 0.2) is 0 Å². The Morgan fingerprint density at radius 3 is 2.89 bits per heavy atom. The van der Waals surface area contributed by atoms with E-state index in [1.807, 2.05) is 24.3 Å². The molecule has 2 aromatic heterocycles. The predicted octanol–water partition coefficient (Wildman–Crippen LogP) is 3.16. The van der Waals surface area contributed by atoms with Crippen LogP contribution in [0.25, 0.3) is 22.2 Å². The Morgan fingerprint density at radius 1 is 1.17 bits per heavy atom. The number of rotatable bonds is 2. The van der Waals surface area contributed by atoms with E-state index in [1.165, 1.54) is 22.3 Å². The summed E-state index contributed by atoms with van der Waals surface area (Å²) in [5.74, 6) is 0.569. The van der Waals surface area contributed by atoms with Crippen molar-refractivity contribution in [2.45, 2.75) is 0 Å². The molecule has 0 amide bonds. The fraction of sp³-hybridized carbons (Fsp3) is 0. The second kappa shape index (κ2) is 4.58. The Kier molecular flexibility index (Phi) is 2.78. The van der Waals surface area contributed by atoms with Gasteiger partial charge < -0.3 is 4.98 Å². The van der Waals surface area contributed by atoms with Gasteiger partial charge in [0.05, 0.1) is 0 Å². The molecule has 0 aliphatic heterocycles. The van der Waals surface area contributed by atoms with Crippen LogP contribution < -0.4 is 5.56 Å².